The van der Waals surface area contributed by atoms with E-state index in [-0.39, 0.29) is 53.8 Å². The third-order valence-electron chi connectivity index (χ3n) is 2.20. The van der Waals surface area contributed by atoms with Crippen molar-refractivity contribution < 1.29 is 42.0 Å². The fourth-order valence-corrected chi connectivity index (χ4v) is 5.68. The molecule has 0 heterocycles. The van der Waals surface area contributed by atoms with Gasteiger partial charge in [-0.1, -0.05) is 5.59 Å². The molecule has 0 rings (SSSR count). The minimum atomic E-state index is 0. The third-order valence-corrected chi connectivity index (χ3v) is 4.81. The Morgan fingerprint density at radius 2 is 1.16 bits per heavy atom. The van der Waals surface area contributed by atoms with Crippen LogP contribution in [-0.4, -0.2) is 66.4 Å². The van der Waals surface area contributed by atoms with E-state index in [0.29, 0.717) is 0 Å². The van der Waals surface area contributed by atoms with Crippen LogP contribution in [0.25, 0.3) is 0 Å². The van der Waals surface area contributed by atoms with Crippen LogP contribution in [0.3, 0.4) is 0 Å². The van der Waals surface area contributed by atoms with Gasteiger partial charge >= 0.3 is 0 Å². The van der Waals surface area contributed by atoms with Gasteiger partial charge in [-0.25, -0.2) is 0 Å². The van der Waals surface area contributed by atoms with Gasteiger partial charge in [-0.3, -0.25) is 0 Å². The molecule has 4 nitrogen and oxygen atoms in total. The van der Waals surface area contributed by atoms with E-state index in [9.17, 15) is 0 Å². The molecule has 119 valence electrons. The molecular weight excluding hydrogens is 390 g/mol. The Morgan fingerprint density at radius 3 is 1.32 bits per heavy atom. The second kappa shape index (κ2) is 17.4. The molecule has 0 saturated carbocycles. The van der Waals surface area contributed by atoms with Gasteiger partial charge in [-0.15, -0.1) is 15.8 Å². The van der Waals surface area contributed by atoms with Crippen LogP contribution in [0.2, 0.25) is 0 Å². The van der Waals surface area contributed by atoms with E-state index in [1.807, 2.05) is 0 Å². The molecule has 0 spiro atoms. The van der Waals surface area contributed by atoms with Crippen molar-refractivity contribution in [2.45, 2.75) is 0 Å². The van der Waals surface area contributed by atoms with Gasteiger partial charge < -0.3 is 21.9 Å². The van der Waals surface area contributed by atoms with Gasteiger partial charge in [0.1, 0.15) is 0 Å². The summed E-state index contributed by atoms with van der Waals surface area (Å²) in [4.78, 5) is 7.50. The normalized spacial score (nSPS) is 10.3. The van der Waals surface area contributed by atoms with Gasteiger partial charge in [0, 0.05) is 39.7 Å². The van der Waals surface area contributed by atoms with Gasteiger partial charge in [0.05, 0.1) is 13.2 Å². The Labute approximate surface area is 140 Å². The Kier molecular flexibility index (Phi) is 26.0. The van der Waals surface area contributed by atoms with Crippen LogP contribution in [0.15, 0.2) is 0 Å². The predicted octanol–water partition coefficient (Wildman–Crippen LogP) is 0.0817. The van der Waals surface area contributed by atoms with Crippen LogP contribution in [0, 0.1) is 15.9 Å². The van der Waals surface area contributed by atoms with Crippen molar-refractivity contribution in [2.24, 2.45) is 5.41 Å². The largest absolute Gasteiger partial charge is 1.00 e. The van der Waals surface area contributed by atoms with E-state index in [4.69, 9.17) is 14.4 Å². The molecule has 0 unspecified atom stereocenters. The Morgan fingerprint density at radius 1 is 0.895 bits per heavy atom. The van der Waals surface area contributed by atoms with Crippen molar-refractivity contribution in [1.82, 2.24) is 0 Å². The molecule has 0 aromatic rings. The third kappa shape index (κ3) is 15.5. The molecule has 0 aliphatic heterocycles. The monoisotopic (exact) mass is 417 g/mol. The summed E-state index contributed by atoms with van der Waals surface area (Å²) < 4.78 is 10.8. The first-order valence-electron chi connectivity index (χ1n) is 5.43. The summed E-state index contributed by atoms with van der Waals surface area (Å²) in [5.41, 5.74) is 4.76. The number of nitroso groups, excluding NO2 is 1. The average Bonchev–Trinajstić information content (AvgIpc) is 2.19. The van der Waals surface area contributed by atoms with Crippen molar-refractivity contribution >= 4 is 15.8 Å². The fourth-order valence-electron chi connectivity index (χ4n) is 2.23. The van der Waals surface area contributed by atoms with E-state index < -0.39 is 0 Å². The van der Waals surface area contributed by atoms with Crippen molar-refractivity contribution in [1.29, 1.82) is 5.59 Å². The molecule has 0 amide bonds. The van der Waals surface area contributed by atoms with Gasteiger partial charge in [-0.2, -0.15) is 4.91 Å². The number of ether oxygens (including phenoxy) is 2. The van der Waals surface area contributed by atoms with Crippen LogP contribution in [0.1, 0.15) is 0 Å². The topological polar surface area (TPSA) is 59.4 Å². The molecule has 0 aliphatic carbocycles. The number of rotatable bonds is 8. The summed E-state index contributed by atoms with van der Waals surface area (Å²) in [6.45, 7) is 11.0. The Bertz CT molecular complexity index is 173. The summed E-state index contributed by atoms with van der Waals surface area (Å²) in [6.07, 6.45) is 2.51. The van der Waals surface area contributed by atoms with E-state index in [1.165, 1.54) is 12.3 Å². The zero-order chi connectivity index (χ0) is 13.9. The number of hydrogen-bond donors (Lipinski definition) is 1. The quantitative estimate of drug-likeness (QED) is 0.450. The van der Waals surface area contributed by atoms with E-state index in [1.54, 1.807) is 14.2 Å². The molecular formula is C11H27ClNO3P2Tc-. The Balaban J connectivity index is -0.000000267. The number of nitrogens with one attached hydrogen (secondary N) is 1. The van der Waals surface area contributed by atoms with Crippen LogP contribution in [-0.2, 0) is 29.6 Å². The standard InChI is InChI=1S/C11H26O2P2.ClH.HNO.Tc/c1-12-7-11(8-13-2,9-14(3)4)10-15(5)6;;1-2;/h7-10H2,1-6H3;1H;1H;/p-1/i;;;1+1. The van der Waals surface area contributed by atoms with Crippen LogP contribution in [0.5, 0.6) is 0 Å². The average molecular weight is 418 g/mol. The van der Waals surface area contributed by atoms with E-state index >= 15 is 0 Å². The summed E-state index contributed by atoms with van der Waals surface area (Å²) in [5.74, 6) is 0. The zero-order valence-corrected chi connectivity index (χ0v) is 17.1. The Hall–Kier alpha value is 1.32. The summed E-state index contributed by atoms with van der Waals surface area (Å²) in [6, 6.07) is 0. The van der Waals surface area contributed by atoms with Gasteiger partial charge in [0.2, 0.25) is 0 Å². The molecule has 0 bridgehead atoms. The number of methoxy groups -OCH3 is 2. The maximum atomic E-state index is 7.50. The fraction of sp³-hybridized carbons (Fsp3) is 1.00. The SMILES string of the molecule is COCC(COC)(CP(C)C)CP(C)C.N=O.[99Tc].[Cl-]. The second-order valence-electron chi connectivity index (χ2n) is 4.84. The molecule has 1 radical (unpaired) electrons. The molecule has 1 N–H and O–H groups in total. The molecule has 0 aliphatic rings. The van der Waals surface area contributed by atoms with E-state index in [0.717, 1.165) is 13.2 Å². The maximum Gasteiger partial charge on any atom is 0.0547 e. The van der Waals surface area contributed by atoms with Gasteiger partial charge in [-0.05, 0) is 39.0 Å². The maximum absolute atomic E-state index is 7.50. The first-order chi connectivity index (χ1) is 7.95. The zero-order valence-electron chi connectivity index (χ0n) is 12.7. The van der Waals surface area contributed by atoms with Gasteiger partial charge in [0.15, 0.2) is 0 Å². The molecule has 0 fully saturated rings. The molecule has 8 heteroatoms. The summed E-state index contributed by atoms with van der Waals surface area (Å²) in [5, 5.41) is 0. The smallest absolute Gasteiger partial charge is 0.0547 e. The van der Waals surface area contributed by atoms with Crippen molar-refractivity contribution in [2.75, 3.05) is 66.4 Å². The minimum absolute atomic E-state index is 0. The molecule has 0 atom stereocenters. The first kappa shape index (κ1) is 28.5. The van der Waals surface area contributed by atoms with Crippen molar-refractivity contribution in [3.63, 3.8) is 0 Å². The minimum Gasteiger partial charge on any atom is -1.00 e. The van der Waals surface area contributed by atoms with Crippen LogP contribution in [0.4, 0.5) is 0 Å². The van der Waals surface area contributed by atoms with Crippen LogP contribution >= 0.6 is 15.8 Å². The van der Waals surface area contributed by atoms with Crippen molar-refractivity contribution in [3.8, 4) is 0 Å². The molecule has 0 saturated heterocycles. The second-order valence-corrected chi connectivity index (χ2v) is 9.79. The number of halogens is 1. The molecule has 0 aromatic heterocycles. The summed E-state index contributed by atoms with van der Waals surface area (Å²) >= 11 is 0. The molecule has 0 aromatic carbocycles. The molecule has 19 heavy (non-hydrogen) atoms. The summed E-state index contributed by atoms with van der Waals surface area (Å²) in [7, 11) is 3.81. The number of hydrogen-bond acceptors (Lipinski definition) is 4. The van der Waals surface area contributed by atoms with Crippen molar-refractivity contribution in [3.05, 3.63) is 4.91 Å². The van der Waals surface area contributed by atoms with E-state index in [2.05, 4.69) is 32.3 Å². The first-order valence-corrected chi connectivity index (χ1v) is 10.3. The van der Waals surface area contributed by atoms with Crippen LogP contribution < -0.4 is 12.4 Å². The van der Waals surface area contributed by atoms with Gasteiger partial charge in [0.25, 0.3) is 0 Å². The predicted molar refractivity (Wildman–Crippen MR) is 79.5 cm³/mol.